The summed E-state index contributed by atoms with van der Waals surface area (Å²) in [6.45, 7) is 11.1. The molecule has 0 saturated heterocycles. The number of carboxylic acid groups (broad SMARTS) is 1. The van der Waals surface area contributed by atoms with Crippen molar-refractivity contribution in [1.82, 2.24) is 0 Å². The van der Waals surface area contributed by atoms with Crippen molar-refractivity contribution in [2.45, 2.75) is 54.4 Å². The molecule has 0 aromatic carbocycles. The average molecular weight is 258 g/mol. The van der Waals surface area contributed by atoms with Crippen molar-refractivity contribution < 1.29 is 19.4 Å². The molecule has 106 valence electrons. The summed E-state index contributed by atoms with van der Waals surface area (Å²) in [7, 11) is 0. The first-order valence-electron chi connectivity index (χ1n) is 6.50. The van der Waals surface area contributed by atoms with Crippen molar-refractivity contribution in [3.63, 3.8) is 0 Å². The maximum atomic E-state index is 12.0. The topological polar surface area (TPSA) is 63.6 Å². The normalized spacial score (nSPS) is 14.1. The van der Waals surface area contributed by atoms with Crippen LogP contribution in [0, 0.1) is 16.7 Å². The van der Waals surface area contributed by atoms with Crippen molar-refractivity contribution in [2.75, 3.05) is 6.61 Å². The van der Waals surface area contributed by atoms with E-state index in [2.05, 4.69) is 0 Å². The highest BCUT2D eigenvalue weighted by molar-refractivity contribution is 5.77. The number of hydrogen-bond donors (Lipinski definition) is 1. The van der Waals surface area contributed by atoms with Crippen molar-refractivity contribution in [1.29, 1.82) is 0 Å². The number of ether oxygens (including phenoxy) is 1. The smallest absolute Gasteiger partial charge is 0.311 e. The third-order valence-corrected chi connectivity index (χ3v) is 3.65. The van der Waals surface area contributed by atoms with E-state index in [0.717, 1.165) is 6.42 Å². The largest absolute Gasteiger partial charge is 0.481 e. The Kier molecular flexibility index (Phi) is 5.84. The molecule has 0 aliphatic heterocycles. The van der Waals surface area contributed by atoms with Gasteiger partial charge in [-0.05, 0) is 47.0 Å². The highest BCUT2D eigenvalue weighted by atomic mass is 16.5. The maximum absolute atomic E-state index is 12.0. The summed E-state index contributed by atoms with van der Waals surface area (Å²) in [4.78, 5) is 23.1. The Balaban J connectivity index is 4.97. The molecule has 1 N–H and O–H groups in total. The van der Waals surface area contributed by atoms with Crippen LogP contribution in [0.15, 0.2) is 0 Å². The second-order valence-corrected chi connectivity index (χ2v) is 5.94. The molecule has 0 rings (SSSR count). The molecule has 0 aliphatic rings. The quantitative estimate of drug-likeness (QED) is 0.713. The molecule has 4 heteroatoms. The molecule has 1 atom stereocenters. The van der Waals surface area contributed by atoms with Gasteiger partial charge >= 0.3 is 11.9 Å². The van der Waals surface area contributed by atoms with Crippen LogP contribution in [0.4, 0.5) is 0 Å². The molecule has 0 radical (unpaired) electrons. The molecular weight excluding hydrogens is 232 g/mol. The minimum atomic E-state index is -0.833. The fraction of sp³-hybridized carbons (Fsp3) is 0.857. The van der Waals surface area contributed by atoms with Gasteiger partial charge in [0.25, 0.3) is 0 Å². The lowest BCUT2D eigenvalue weighted by Crippen LogP contribution is -2.38. The molecule has 0 aromatic rings. The monoisotopic (exact) mass is 258 g/mol. The first-order chi connectivity index (χ1) is 8.09. The first-order valence-corrected chi connectivity index (χ1v) is 6.50. The van der Waals surface area contributed by atoms with E-state index in [0.29, 0.717) is 13.0 Å². The van der Waals surface area contributed by atoms with Crippen LogP contribution in [-0.4, -0.2) is 23.7 Å². The van der Waals surface area contributed by atoms with Gasteiger partial charge in [-0.2, -0.15) is 0 Å². The summed E-state index contributed by atoms with van der Waals surface area (Å²) in [6.07, 6.45) is 1.22. The zero-order valence-corrected chi connectivity index (χ0v) is 12.4. The Morgan fingerprint density at radius 1 is 1.17 bits per heavy atom. The second-order valence-electron chi connectivity index (χ2n) is 5.94. The van der Waals surface area contributed by atoms with Gasteiger partial charge < -0.3 is 9.84 Å². The van der Waals surface area contributed by atoms with Crippen LogP contribution in [0.3, 0.4) is 0 Å². The van der Waals surface area contributed by atoms with Crippen LogP contribution in [0.2, 0.25) is 0 Å². The number of rotatable bonds is 7. The number of hydrogen-bond acceptors (Lipinski definition) is 3. The molecule has 0 amide bonds. The number of esters is 1. The summed E-state index contributed by atoms with van der Waals surface area (Å²) in [6, 6.07) is 0. The molecule has 0 saturated carbocycles. The van der Waals surface area contributed by atoms with Crippen LogP contribution in [0.1, 0.15) is 54.4 Å². The number of carbonyl (C=O) groups is 2. The van der Waals surface area contributed by atoms with E-state index < -0.39 is 16.8 Å². The van der Waals surface area contributed by atoms with Gasteiger partial charge in [-0.15, -0.1) is 0 Å². The van der Waals surface area contributed by atoms with Gasteiger partial charge in [-0.3, -0.25) is 9.59 Å². The third-order valence-electron chi connectivity index (χ3n) is 3.65. The molecule has 0 heterocycles. The fourth-order valence-electron chi connectivity index (χ4n) is 2.10. The third kappa shape index (κ3) is 4.00. The van der Waals surface area contributed by atoms with E-state index in [9.17, 15) is 14.7 Å². The molecule has 0 aliphatic carbocycles. The average Bonchev–Trinajstić information content (AvgIpc) is 2.25. The fourth-order valence-corrected chi connectivity index (χ4v) is 2.10. The van der Waals surface area contributed by atoms with Gasteiger partial charge in [0.15, 0.2) is 0 Å². The SMILES string of the molecule is CCOC(=O)C(C)(C)C(CC)CC(C)(C)C(=O)O. The molecule has 4 nitrogen and oxygen atoms in total. The summed E-state index contributed by atoms with van der Waals surface area (Å²) >= 11 is 0. The van der Waals surface area contributed by atoms with Crippen LogP contribution in [0.5, 0.6) is 0 Å². The first kappa shape index (κ1) is 16.9. The van der Waals surface area contributed by atoms with Crippen molar-refractivity contribution >= 4 is 11.9 Å². The Morgan fingerprint density at radius 3 is 2.00 bits per heavy atom. The van der Waals surface area contributed by atoms with E-state index >= 15 is 0 Å². The van der Waals surface area contributed by atoms with Gasteiger partial charge in [0, 0.05) is 0 Å². The van der Waals surface area contributed by atoms with E-state index in [4.69, 9.17) is 4.74 Å². The van der Waals surface area contributed by atoms with Crippen molar-refractivity contribution in [2.24, 2.45) is 16.7 Å². The zero-order valence-electron chi connectivity index (χ0n) is 12.4. The molecule has 0 bridgehead atoms. The standard InChI is InChI=1S/C14H26O4/c1-7-10(9-13(3,4)11(15)16)14(5,6)12(17)18-8-2/h10H,7-9H2,1-6H3,(H,15,16). The lowest BCUT2D eigenvalue weighted by atomic mass is 9.69. The highest BCUT2D eigenvalue weighted by Gasteiger charge is 2.41. The van der Waals surface area contributed by atoms with Crippen LogP contribution >= 0.6 is 0 Å². The van der Waals surface area contributed by atoms with Gasteiger partial charge in [-0.1, -0.05) is 13.3 Å². The maximum Gasteiger partial charge on any atom is 0.311 e. The van der Waals surface area contributed by atoms with Gasteiger partial charge in [-0.25, -0.2) is 0 Å². The highest BCUT2D eigenvalue weighted by Crippen LogP contribution is 2.39. The molecule has 0 spiro atoms. The molecule has 0 aromatic heterocycles. The van der Waals surface area contributed by atoms with Crippen LogP contribution < -0.4 is 0 Å². The Hall–Kier alpha value is -1.06. The zero-order chi connectivity index (χ0) is 14.6. The van der Waals surface area contributed by atoms with Gasteiger partial charge in [0.05, 0.1) is 17.4 Å². The van der Waals surface area contributed by atoms with Crippen molar-refractivity contribution in [3.05, 3.63) is 0 Å². The Labute approximate surface area is 110 Å². The number of carboxylic acids is 1. The van der Waals surface area contributed by atoms with Crippen molar-refractivity contribution in [3.8, 4) is 0 Å². The minimum Gasteiger partial charge on any atom is -0.481 e. The number of carbonyl (C=O) groups excluding carboxylic acids is 1. The lowest BCUT2D eigenvalue weighted by molar-refractivity contribution is -0.160. The Morgan fingerprint density at radius 2 is 1.67 bits per heavy atom. The second kappa shape index (κ2) is 6.21. The lowest BCUT2D eigenvalue weighted by Gasteiger charge is -2.35. The predicted molar refractivity (Wildman–Crippen MR) is 70.2 cm³/mol. The molecule has 1 unspecified atom stereocenters. The van der Waals surface area contributed by atoms with E-state index in [1.54, 1.807) is 20.8 Å². The molecular formula is C14H26O4. The molecule has 18 heavy (non-hydrogen) atoms. The predicted octanol–water partition coefficient (Wildman–Crippen LogP) is 3.10. The van der Waals surface area contributed by atoms with E-state index in [1.165, 1.54) is 0 Å². The summed E-state index contributed by atoms with van der Waals surface area (Å²) in [5, 5.41) is 9.18. The van der Waals surface area contributed by atoms with Gasteiger partial charge in [0.1, 0.15) is 0 Å². The number of aliphatic carboxylic acids is 1. The summed E-state index contributed by atoms with van der Waals surface area (Å²) < 4.78 is 5.08. The molecule has 0 fully saturated rings. The van der Waals surface area contributed by atoms with Gasteiger partial charge in [0.2, 0.25) is 0 Å². The summed E-state index contributed by atoms with van der Waals surface area (Å²) in [5.74, 6) is -1.10. The van der Waals surface area contributed by atoms with E-state index in [1.807, 2.05) is 20.8 Å². The Bertz CT molecular complexity index is 305. The minimum absolute atomic E-state index is 0.0114. The van der Waals surface area contributed by atoms with Crippen LogP contribution in [-0.2, 0) is 14.3 Å². The van der Waals surface area contributed by atoms with Crippen LogP contribution in [0.25, 0.3) is 0 Å². The summed E-state index contributed by atoms with van der Waals surface area (Å²) in [5.41, 5.74) is -1.48. The van der Waals surface area contributed by atoms with E-state index in [-0.39, 0.29) is 11.9 Å².